The molecule has 0 amide bonds. The molecule has 1 atom stereocenters. The average Bonchev–Trinajstić information content (AvgIpc) is 3.12. The number of benzene rings is 1. The number of carbonyl (C=O) groups excluding carboxylic acids is 1. The maximum atomic E-state index is 12.8. The molecular weight excluding hydrogens is 368 g/mol. The Morgan fingerprint density at radius 2 is 2.04 bits per heavy atom. The molecule has 1 aliphatic rings. The van der Waals surface area contributed by atoms with Gasteiger partial charge < -0.3 is 4.57 Å². The number of hydrogen-bond donors (Lipinski definition) is 0. The Balaban J connectivity index is 1.47. The number of Topliss-reactive ketones (excluding diaryl/α,β-unsaturated/α-hetero) is 1. The van der Waals surface area contributed by atoms with Crippen molar-refractivity contribution in [1.29, 1.82) is 0 Å². The van der Waals surface area contributed by atoms with Gasteiger partial charge in [0.2, 0.25) is 0 Å². The average molecular weight is 393 g/mol. The zero-order valence-corrected chi connectivity index (χ0v) is 17.1. The van der Waals surface area contributed by atoms with E-state index >= 15 is 0 Å². The van der Waals surface area contributed by atoms with E-state index in [0.717, 1.165) is 23.6 Å². The van der Waals surface area contributed by atoms with Crippen molar-refractivity contribution in [2.24, 2.45) is 7.05 Å². The van der Waals surface area contributed by atoms with Gasteiger partial charge in [-0.05, 0) is 60.9 Å². The molecule has 4 rings (SSSR count). The molecule has 0 fully saturated rings. The summed E-state index contributed by atoms with van der Waals surface area (Å²) in [5.74, 6) is 0.0825. The fourth-order valence-corrected chi connectivity index (χ4v) is 4.51. The highest BCUT2D eigenvalue weighted by atomic mass is 32.2. The second-order valence-electron chi connectivity index (χ2n) is 7.37. The molecule has 144 valence electrons. The Kier molecular flexibility index (Phi) is 5.57. The third-order valence-electron chi connectivity index (χ3n) is 5.25. The van der Waals surface area contributed by atoms with Crippen LogP contribution < -0.4 is 0 Å². The monoisotopic (exact) mass is 392 g/mol. The van der Waals surface area contributed by atoms with Crippen LogP contribution in [0.2, 0.25) is 0 Å². The van der Waals surface area contributed by atoms with Crippen LogP contribution in [0.5, 0.6) is 0 Å². The summed E-state index contributed by atoms with van der Waals surface area (Å²) >= 11 is 1.66. The van der Waals surface area contributed by atoms with E-state index in [1.807, 2.05) is 36.0 Å². The fourth-order valence-electron chi connectivity index (χ4n) is 3.60. The molecule has 1 aromatic carbocycles. The highest BCUT2D eigenvalue weighted by Crippen LogP contribution is 2.33. The normalized spacial score (nSPS) is 14.5. The van der Waals surface area contributed by atoms with Gasteiger partial charge in [-0.2, -0.15) is 0 Å². The highest BCUT2D eigenvalue weighted by Gasteiger charge is 2.16. The summed E-state index contributed by atoms with van der Waals surface area (Å²) < 4.78 is 1.91. The maximum Gasteiger partial charge on any atom is 0.191 e. The van der Waals surface area contributed by atoms with Gasteiger partial charge in [-0.15, -0.1) is 10.2 Å². The molecule has 0 aliphatic heterocycles. The van der Waals surface area contributed by atoms with Gasteiger partial charge in [0.15, 0.2) is 10.9 Å². The zero-order valence-electron chi connectivity index (χ0n) is 16.3. The second kappa shape index (κ2) is 8.27. The Morgan fingerprint density at radius 1 is 1.21 bits per heavy atom. The first-order valence-corrected chi connectivity index (χ1v) is 10.6. The molecular formula is C22H24N4OS. The van der Waals surface area contributed by atoms with Crippen LogP contribution in [0.3, 0.4) is 0 Å². The number of aryl methyl sites for hydroxylation is 3. The molecule has 0 saturated heterocycles. The van der Waals surface area contributed by atoms with Gasteiger partial charge in [0.25, 0.3) is 0 Å². The van der Waals surface area contributed by atoms with Crippen LogP contribution in [0.1, 0.15) is 57.8 Å². The summed E-state index contributed by atoms with van der Waals surface area (Å²) in [5.41, 5.74) is 5.39. The number of hydrogen-bond acceptors (Lipinski definition) is 5. The van der Waals surface area contributed by atoms with Crippen LogP contribution in [-0.4, -0.2) is 25.5 Å². The van der Waals surface area contributed by atoms with Crippen LogP contribution >= 0.6 is 11.8 Å². The SMILES string of the molecule is CC(Sc1nncn1C)c1cccc(CC(=O)c2cc3c(cn2)CCCC3)c1. The van der Waals surface area contributed by atoms with Crippen molar-refractivity contribution in [3.63, 3.8) is 0 Å². The number of thioether (sulfide) groups is 1. The third kappa shape index (κ3) is 4.17. The summed E-state index contributed by atoms with van der Waals surface area (Å²) in [6.07, 6.45) is 8.55. The highest BCUT2D eigenvalue weighted by molar-refractivity contribution is 7.99. The standard InChI is InChI=1S/C22H24N4OS/c1-15(28-22-25-24-14-26(22)2)17-9-5-6-16(10-17)11-21(27)20-12-18-7-3-4-8-19(18)13-23-20/h5-6,9-10,12-15H,3-4,7-8,11H2,1-2H3. The molecule has 6 heteroatoms. The zero-order chi connectivity index (χ0) is 19.5. The van der Waals surface area contributed by atoms with E-state index in [2.05, 4.69) is 34.2 Å². The van der Waals surface area contributed by atoms with E-state index in [-0.39, 0.29) is 11.0 Å². The minimum Gasteiger partial charge on any atom is -0.312 e. The fraction of sp³-hybridized carbons (Fsp3) is 0.364. The topological polar surface area (TPSA) is 60.7 Å². The van der Waals surface area contributed by atoms with E-state index in [9.17, 15) is 4.79 Å². The van der Waals surface area contributed by atoms with Gasteiger partial charge in [0.1, 0.15) is 12.0 Å². The molecule has 0 radical (unpaired) electrons. The van der Waals surface area contributed by atoms with Crippen LogP contribution in [0, 0.1) is 0 Å². The van der Waals surface area contributed by atoms with Crippen molar-refractivity contribution < 1.29 is 4.79 Å². The van der Waals surface area contributed by atoms with Gasteiger partial charge in [0, 0.05) is 24.9 Å². The van der Waals surface area contributed by atoms with Gasteiger partial charge in [-0.3, -0.25) is 9.78 Å². The summed E-state index contributed by atoms with van der Waals surface area (Å²) in [6.45, 7) is 2.14. The number of aromatic nitrogens is 4. The molecule has 3 aromatic rings. The van der Waals surface area contributed by atoms with Crippen molar-refractivity contribution >= 4 is 17.5 Å². The number of nitrogens with zero attached hydrogens (tertiary/aromatic N) is 4. The van der Waals surface area contributed by atoms with Gasteiger partial charge >= 0.3 is 0 Å². The number of fused-ring (bicyclic) bond motifs is 1. The molecule has 0 spiro atoms. The van der Waals surface area contributed by atoms with Gasteiger partial charge in [-0.1, -0.05) is 36.0 Å². The Bertz CT molecular complexity index is 998. The lowest BCUT2D eigenvalue weighted by Crippen LogP contribution is -2.10. The summed E-state index contributed by atoms with van der Waals surface area (Å²) in [6, 6.07) is 10.3. The molecule has 28 heavy (non-hydrogen) atoms. The summed E-state index contributed by atoms with van der Waals surface area (Å²) in [7, 11) is 1.94. The molecule has 0 bridgehead atoms. The predicted octanol–water partition coefficient (Wildman–Crippen LogP) is 4.37. The molecule has 2 heterocycles. The van der Waals surface area contributed by atoms with Crippen molar-refractivity contribution in [2.45, 2.75) is 49.4 Å². The number of pyridine rings is 1. The molecule has 1 aliphatic carbocycles. The van der Waals surface area contributed by atoms with Crippen LogP contribution in [0.15, 0.2) is 48.0 Å². The van der Waals surface area contributed by atoms with Crippen molar-refractivity contribution in [2.75, 3.05) is 0 Å². The summed E-state index contributed by atoms with van der Waals surface area (Å²) in [4.78, 5) is 17.2. The smallest absolute Gasteiger partial charge is 0.191 e. The van der Waals surface area contributed by atoms with E-state index in [0.29, 0.717) is 12.1 Å². The number of rotatable bonds is 6. The molecule has 5 nitrogen and oxygen atoms in total. The lowest BCUT2D eigenvalue weighted by Gasteiger charge is -2.15. The first-order valence-electron chi connectivity index (χ1n) is 9.70. The van der Waals surface area contributed by atoms with Gasteiger partial charge in [-0.25, -0.2) is 0 Å². The Labute approximate surface area is 169 Å². The molecule has 1 unspecified atom stereocenters. The van der Waals surface area contributed by atoms with Crippen LogP contribution in [-0.2, 0) is 26.3 Å². The Hall–Kier alpha value is -2.47. The van der Waals surface area contributed by atoms with Crippen LogP contribution in [0.25, 0.3) is 0 Å². The van der Waals surface area contributed by atoms with Gasteiger partial charge in [0.05, 0.1) is 0 Å². The Morgan fingerprint density at radius 3 is 2.82 bits per heavy atom. The minimum absolute atomic E-state index is 0.0825. The summed E-state index contributed by atoms with van der Waals surface area (Å²) in [5, 5.41) is 9.17. The lowest BCUT2D eigenvalue weighted by molar-refractivity contribution is 0.0988. The van der Waals surface area contributed by atoms with E-state index in [1.54, 1.807) is 18.1 Å². The van der Waals surface area contributed by atoms with Crippen molar-refractivity contribution in [1.82, 2.24) is 19.7 Å². The first-order chi connectivity index (χ1) is 13.6. The van der Waals surface area contributed by atoms with Crippen LogP contribution in [0.4, 0.5) is 0 Å². The maximum absolute atomic E-state index is 12.8. The van der Waals surface area contributed by atoms with E-state index in [1.165, 1.54) is 29.5 Å². The van der Waals surface area contributed by atoms with E-state index < -0.39 is 0 Å². The third-order valence-corrected chi connectivity index (χ3v) is 6.45. The van der Waals surface area contributed by atoms with E-state index in [4.69, 9.17) is 0 Å². The largest absolute Gasteiger partial charge is 0.312 e. The lowest BCUT2D eigenvalue weighted by atomic mass is 9.92. The quantitative estimate of drug-likeness (QED) is 0.460. The molecule has 2 aromatic heterocycles. The minimum atomic E-state index is 0.0825. The van der Waals surface area contributed by atoms with Crippen molar-refractivity contribution in [3.05, 3.63) is 70.8 Å². The molecule has 0 N–H and O–H groups in total. The number of carbonyl (C=O) groups is 1. The molecule has 0 saturated carbocycles. The van der Waals surface area contributed by atoms with Crippen molar-refractivity contribution in [3.8, 4) is 0 Å². The number of ketones is 1. The first kappa shape index (κ1) is 18.9. The predicted molar refractivity (Wildman–Crippen MR) is 111 cm³/mol. The second-order valence-corrected chi connectivity index (χ2v) is 8.68.